The van der Waals surface area contributed by atoms with Gasteiger partial charge in [-0.25, -0.2) is 0 Å². The van der Waals surface area contributed by atoms with Gasteiger partial charge in [-0.15, -0.1) is 0 Å². The molecule has 4 heteroatoms. The summed E-state index contributed by atoms with van der Waals surface area (Å²) >= 11 is 6.25. The predicted molar refractivity (Wildman–Crippen MR) is 75.4 cm³/mol. The van der Waals surface area contributed by atoms with Gasteiger partial charge in [0.25, 0.3) is 0 Å². The summed E-state index contributed by atoms with van der Waals surface area (Å²) in [5, 5.41) is 0.846. The van der Waals surface area contributed by atoms with Crippen LogP contribution in [0.3, 0.4) is 0 Å². The molecule has 0 saturated carbocycles. The Morgan fingerprint density at radius 2 is 2.26 bits per heavy atom. The van der Waals surface area contributed by atoms with Gasteiger partial charge in [-0.3, -0.25) is 4.90 Å². The summed E-state index contributed by atoms with van der Waals surface area (Å²) in [6.45, 7) is 6.44. The Balaban J connectivity index is 1.72. The maximum atomic E-state index is 6.25. The van der Waals surface area contributed by atoms with Gasteiger partial charge < -0.3 is 9.47 Å². The van der Waals surface area contributed by atoms with E-state index in [2.05, 4.69) is 17.9 Å². The second kappa shape index (κ2) is 5.41. The van der Waals surface area contributed by atoms with Crippen molar-refractivity contribution in [2.45, 2.75) is 31.6 Å². The number of nitrogens with zero attached hydrogens (tertiary/aromatic N) is 1. The van der Waals surface area contributed by atoms with Crippen molar-refractivity contribution in [2.75, 3.05) is 26.3 Å². The monoisotopic (exact) mass is 281 g/mol. The fraction of sp³-hybridized carbons (Fsp3) is 0.600. The van der Waals surface area contributed by atoms with Crippen LogP contribution in [0.2, 0.25) is 5.02 Å². The average molecular weight is 282 g/mol. The van der Waals surface area contributed by atoms with Crippen LogP contribution < -0.4 is 0 Å². The van der Waals surface area contributed by atoms with Crippen LogP contribution in [0.4, 0.5) is 0 Å². The van der Waals surface area contributed by atoms with E-state index < -0.39 is 0 Å². The molecule has 2 fully saturated rings. The van der Waals surface area contributed by atoms with E-state index in [-0.39, 0.29) is 11.7 Å². The molecule has 0 aliphatic carbocycles. The van der Waals surface area contributed by atoms with Gasteiger partial charge in [0.1, 0.15) is 5.60 Å². The Kier molecular flexibility index (Phi) is 3.81. The van der Waals surface area contributed by atoms with Gasteiger partial charge in [0, 0.05) is 37.7 Å². The minimum atomic E-state index is -0.0983. The van der Waals surface area contributed by atoms with Gasteiger partial charge in [-0.1, -0.05) is 29.8 Å². The third-order valence-corrected chi connectivity index (χ3v) is 4.27. The van der Waals surface area contributed by atoms with Gasteiger partial charge >= 0.3 is 0 Å². The van der Waals surface area contributed by atoms with Gasteiger partial charge in [0.05, 0.1) is 12.7 Å². The normalized spacial score (nSPS) is 32.0. The first-order chi connectivity index (χ1) is 9.17. The van der Waals surface area contributed by atoms with Crippen LogP contribution in [-0.2, 0) is 16.0 Å². The Labute approximate surface area is 119 Å². The molecule has 19 heavy (non-hydrogen) atoms. The van der Waals surface area contributed by atoms with E-state index in [4.69, 9.17) is 21.1 Å². The molecule has 0 unspecified atom stereocenters. The van der Waals surface area contributed by atoms with Crippen LogP contribution in [0.25, 0.3) is 0 Å². The molecule has 2 aliphatic heterocycles. The van der Waals surface area contributed by atoms with Crippen LogP contribution in [0.1, 0.15) is 18.9 Å². The molecule has 2 atom stereocenters. The molecule has 2 saturated heterocycles. The zero-order valence-electron chi connectivity index (χ0n) is 11.3. The quantitative estimate of drug-likeness (QED) is 0.832. The lowest BCUT2D eigenvalue weighted by atomic mass is 9.99. The topological polar surface area (TPSA) is 21.7 Å². The second-order valence-electron chi connectivity index (χ2n) is 5.68. The summed E-state index contributed by atoms with van der Waals surface area (Å²) < 4.78 is 11.7. The van der Waals surface area contributed by atoms with Gasteiger partial charge in [0.2, 0.25) is 0 Å². The summed E-state index contributed by atoms with van der Waals surface area (Å²) in [4.78, 5) is 2.43. The lowest BCUT2D eigenvalue weighted by Gasteiger charge is -2.43. The van der Waals surface area contributed by atoms with E-state index in [1.165, 1.54) is 5.56 Å². The zero-order chi connectivity index (χ0) is 13.3. The Hall–Kier alpha value is -0.610. The molecule has 2 aliphatic rings. The third kappa shape index (κ3) is 2.95. The number of rotatable bonds is 2. The molecule has 0 radical (unpaired) electrons. The lowest BCUT2D eigenvalue weighted by molar-refractivity contribution is -0.149. The number of benzene rings is 1. The Morgan fingerprint density at radius 3 is 3.00 bits per heavy atom. The van der Waals surface area contributed by atoms with Gasteiger partial charge in [-0.2, -0.15) is 0 Å². The highest BCUT2D eigenvalue weighted by Crippen LogP contribution is 2.31. The number of halogens is 1. The lowest BCUT2D eigenvalue weighted by Crippen LogP contribution is -2.55. The first kappa shape index (κ1) is 13.4. The Bertz CT molecular complexity index is 446. The highest BCUT2D eigenvalue weighted by Gasteiger charge is 2.42. The second-order valence-corrected chi connectivity index (χ2v) is 6.08. The third-order valence-electron chi connectivity index (χ3n) is 3.90. The van der Waals surface area contributed by atoms with Crippen molar-refractivity contribution in [3.8, 4) is 0 Å². The number of hydrogen-bond acceptors (Lipinski definition) is 3. The van der Waals surface area contributed by atoms with E-state index in [1.54, 1.807) is 0 Å². The van der Waals surface area contributed by atoms with Crippen LogP contribution >= 0.6 is 11.6 Å². The maximum Gasteiger partial charge on any atom is 0.107 e. The maximum absolute atomic E-state index is 6.25. The number of hydrogen-bond donors (Lipinski definition) is 0. The average Bonchev–Trinajstić information content (AvgIpc) is 2.79. The fourth-order valence-corrected chi connectivity index (χ4v) is 3.33. The van der Waals surface area contributed by atoms with E-state index in [9.17, 15) is 0 Å². The summed E-state index contributed by atoms with van der Waals surface area (Å²) in [5.41, 5.74) is 1.09. The molecule has 1 spiro atoms. The molecule has 1 aromatic carbocycles. The van der Waals surface area contributed by atoms with Crippen molar-refractivity contribution in [1.29, 1.82) is 0 Å². The van der Waals surface area contributed by atoms with Crippen molar-refractivity contribution < 1.29 is 9.47 Å². The fourth-order valence-electron chi connectivity index (χ4n) is 3.13. The largest absolute Gasteiger partial charge is 0.378 e. The number of morpholine rings is 1. The first-order valence-electron chi connectivity index (χ1n) is 6.88. The van der Waals surface area contributed by atoms with Crippen molar-refractivity contribution >= 4 is 11.6 Å². The molecule has 3 rings (SSSR count). The highest BCUT2D eigenvalue weighted by molar-refractivity contribution is 6.31. The highest BCUT2D eigenvalue weighted by atomic mass is 35.5. The minimum Gasteiger partial charge on any atom is -0.378 e. The van der Waals surface area contributed by atoms with E-state index >= 15 is 0 Å². The Morgan fingerprint density at radius 1 is 1.42 bits per heavy atom. The standard InChI is InChI=1S/C15H20ClNO2/c1-12-8-17(9-13-4-2-3-5-14(13)16)10-15(19-12)6-7-18-11-15/h2-5,12H,6-11H2,1H3/t12-,15-/m1/s1. The molecular weight excluding hydrogens is 262 g/mol. The van der Waals surface area contributed by atoms with Crippen LogP contribution in [0.15, 0.2) is 24.3 Å². The molecule has 0 amide bonds. The molecule has 1 aromatic rings. The minimum absolute atomic E-state index is 0.0983. The SMILES string of the molecule is C[C@@H]1CN(Cc2ccccc2Cl)C[C@@]2(CCOC2)O1. The molecular formula is C15H20ClNO2. The predicted octanol–water partition coefficient (Wildman–Crippen LogP) is 2.72. The van der Waals surface area contributed by atoms with Crippen molar-refractivity contribution in [2.24, 2.45) is 0 Å². The van der Waals surface area contributed by atoms with Crippen LogP contribution in [-0.4, -0.2) is 42.9 Å². The smallest absolute Gasteiger partial charge is 0.107 e. The molecule has 0 aromatic heterocycles. The van der Waals surface area contributed by atoms with Gasteiger partial charge in [-0.05, 0) is 18.6 Å². The van der Waals surface area contributed by atoms with E-state index in [1.807, 2.05) is 18.2 Å². The molecule has 0 bridgehead atoms. The van der Waals surface area contributed by atoms with Crippen LogP contribution in [0, 0.1) is 0 Å². The van der Waals surface area contributed by atoms with Crippen LogP contribution in [0.5, 0.6) is 0 Å². The first-order valence-corrected chi connectivity index (χ1v) is 7.26. The molecule has 3 nitrogen and oxygen atoms in total. The van der Waals surface area contributed by atoms with Crippen molar-refractivity contribution in [3.05, 3.63) is 34.9 Å². The van der Waals surface area contributed by atoms with E-state index in [0.717, 1.165) is 44.3 Å². The summed E-state index contributed by atoms with van der Waals surface area (Å²) in [7, 11) is 0. The number of ether oxygens (including phenoxy) is 2. The van der Waals surface area contributed by atoms with Crippen molar-refractivity contribution in [1.82, 2.24) is 4.90 Å². The van der Waals surface area contributed by atoms with Crippen molar-refractivity contribution in [3.63, 3.8) is 0 Å². The molecule has 0 N–H and O–H groups in total. The summed E-state index contributed by atoms with van der Waals surface area (Å²) in [6, 6.07) is 8.06. The zero-order valence-corrected chi connectivity index (χ0v) is 12.0. The summed E-state index contributed by atoms with van der Waals surface area (Å²) in [6.07, 6.45) is 1.24. The van der Waals surface area contributed by atoms with Gasteiger partial charge in [0.15, 0.2) is 0 Å². The molecule has 2 heterocycles. The summed E-state index contributed by atoms with van der Waals surface area (Å²) in [5.74, 6) is 0. The molecule has 104 valence electrons. The van der Waals surface area contributed by atoms with E-state index in [0.29, 0.717) is 0 Å².